The van der Waals surface area contributed by atoms with Gasteiger partial charge in [0.2, 0.25) is 5.91 Å². The molecule has 1 unspecified atom stereocenters. The second-order valence-electron chi connectivity index (χ2n) is 3.38. The maximum absolute atomic E-state index is 10.8. The molecule has 0 aromatic carbocycles. The van der Waals surface area contributed by atoms with E-state index in [1.807, 2.05) is 20.8 Å². The first-order valence-corrected chi connectivity index (χ1v) is 4.10. The average molecular weight is 174 g/mol. The van der Waals surface area contributed by atoms with Gasteiger partial charge in [-0.2, -0.15) is 0 Å². The normalized spacial score (nSPS) is 14.3. The van der Waals surface area contributed by atoms with Crippen molar-refractivity contribution in [3.63, 3.8) is 0 Å². The zero-order valence-corrected chi connectivity index (χ0v) is 7.96. The summed E-state index contributed by atoms with van der Waals surface area (Å²) in [6.45, 7) is 5.88. The number of rotatable bonds is 5. The zero-order valence-electron chi connectivity index (χ0n) is 7.96. The van der Waals surface area contributed by atoms with E-state index in [1.165, 1.54) is 0 Å². The van der Waals surface area contributed by atoms with E-state index in [0.29, 0.717) is 13.0 Å². The summed E-state index contributed by atoms with van der Waals surface area (Å²) in [4.78, 5) is 10.8. The Balaban J connectivity index is 4.11. The van der Waals surface area contributed by atoms with Crippen LogP contribution >= 0.6 is 0 Å². The predicted molar refractivity (Wildman–Crippen MR) is 47.5 cm³/mol. The Hall–Kier alpha value is -0.610. The molecule has 0 heterocycles. The predicted octanol–water partition coefficient (Wildman–Crippen LogP) is 0.00420. The molecule has 0 aromatic rings. The highest BCUT2D eigenvalue weighted by molar-refractivity contribution is 5.78. The third-order valence-corrected chi connectivity index (χ3v) is 1.64. The van der Waals surface area contributed by atoms with E-state index in [4.69, 9.17) is 16.2 Å². The van der Waals surface area contributed by atoms with E-state index in [9.17, 15) is 4.79 Å². The minimum Gasteiger partial charge on any atom is -0.367 e. The van der Waals surface area contributed by atoms with E-state index < -0.39 is 17.6 Å². The molecule has 1 amide bonds. The van der Waals surface area contributed by atoms with Crippen molar-refractivity contribution in [1.29, 1.82) is 0 Å². The Bertz CT molecular complexity index is 157. The second kappa shape index (κ2) is 4.42. The van der Waals surface area contributed by atoms with Crippen LogP contribution in [0, 0.1) is 0 Å². The van der Waals surface area contributed by atoms with Crippen LogP contribution in [0.1, 0.15) is 27.2 Å². The highest BCUT2D eigenvalue weighted by Gasteiger charge is 2.24. The van der Waals surface area contributed by atoms with Crippen molar-refractivity contribution < 1.29 is 9.53 Å². The van der Waals surface area contributed by atoms with Crippen LogP contribution in [0.4, 0.5) is 0 Å². The van der Waals surface area contributed by atoms with E-state index in [-0.39, 0.29) is 0 Å². The molecule has 0 spiro atoms. The molecule has 4 nitrogen and oxygen atoms in total. The number of primary amides is 1. The molecular formula is C8H18N2O2. The maximum Gasteiger partial charge on any atom is 0.246 e. The van der Waals surface area contributed by atoms with Crippen LogP contribution in [-0.2, 0) is 9.53 Å². The SMILES string of the molecule is CCC(OC(C)(C)CN)C(N)=O. The summed E-state index contributed by atoms with van der Waals surface area (Å²) in [7, 11) is 0. The maximum atomic E-state index is 10.8. The van der Waals surface area contributed by atoms with Gasteiger partial charge in [-0.15, -0.1) is 0 Å². The quantitative estimate of drug-likeness (QED) is 0.616. The van der Waals surface area contributed by atoms with Crippen molar-refractivity contribution in [2.45, 2.75) is 38.9 Å². The van der Waals surface area contributed by atoms with E-state index >= 15 is 0 Å². The first-order valence-electron chi connectivity index (χ1n) is 4.10. The topological polar surface area (TPSA) is 78.3 Å². The Morgan fingerprint density at radius 1 is 1.58 bits per heavy atom. The van der Waals surface area contributed by atoms with Gasteiger partial charge in [-0.3, -0.25) is 4.79 Å². The highest BCUT2D eigenvalue weighted by Crippen LogP contribution is 2.12. The van der Waals surface area contributed by atoms with E-state index in [1.54, 1.807) is 0 Å². The molecule has 0 aliphatic rings. The van der Waals surface area contributed by atoms with Gasteiger partial charge in [0, 0.05) is 6.54 Å². The summed E-state index contributed by atoms with van der Waals surface area (Å²) >= 11 is 0. The largest absolute Gasteiger partial charge is 0.367 e. The summed E-state index contributed by atoms with van der Waals surface area (Å²) in [5.41, 5.74) is 10.1. The summed E-state index contributed by atoms with van der Waals surface area (Å²) in [6, 6.07) is 0. The van der Waals surface area contributed by atoms with Gasteiger partial charge >= 0.3 is 0 Å². The summed E-state index contributed by atoms with van der Waals surface area (Å²) in [5.74, 6) is -0.431. The van der Waals surface area contributed by atoms with Crippen molar-refractivity contribution >= 4 is 5.91 Å². The lowest BCUT2D eigenvalue weighted by Crippen LogP contribution is -2.42. The molecule has 72 valence electrons. The molecule has 0 saturated carbocycles. The second-order valence-corrected chi connectivity index (χ2v) is 3.38. The fourth-order valence-corrected chi connectivity index (χ4v) is 0.776. The number of ether oxygens (including phenoxy) is 1. The van der Waals surface area contributed by atoms with Crippen molar-refractivity contribution in [3.05, 3.63) is 0 Å². The van der Waals surface area contributed by atoms with Gasteiger partial charge < -0.3 is 16.2 Å². The van der Waals surface area contributed by atoms with Gasteiger partial charge in [-0.25, -0.2) is 0 Å². The fraction of sp³-hybridized carbons (Fsp3) is 0.875. The molecule has 1 atom stereocenters. The standard InChI is InChI=1S/C8H18N2O2/c1-4-6(7(10)11)12-8(2,3)5-9/h6H,4-5,9H2,1-3H3,(H2,10,11). The minimum absolute atomic E-state index is 0.372. The smallest absolute Gasteiger partial charge is 0.246 e. The number of carbonyl (C=O) groups excluding carboxylic acids is 1. The number of hydrogen-bond acceptors (Lipinski definition) is 3. The van der Waals surface area contributed by atoms with E-state index in [2.05, 4.69) is 0 Å². The molecule has 0 radical (unpaired) electrons. The monoisotopic (exact) mass is 174 g/mol. The fourth-order valence-electron chi connectivity index (χ4n) is 0.776. The number of amides is 1. The van der Waals surface area contributed by atoms with Crippen LogP contribution in [0.15, 0.2) is 0 Å². The summed E-state index contributed by atoms with van der Waals surface area (Å²) < 4.78 is 5.40. The molecule has 4 heteroatoms. The molecular weight excluding hydrogens is 156 g/mol. The lowest BCUT2D eigenvalue weighted by atomic mass is 10.1. The number of nitrogens with two attached hydrogens (primary N) is 2. The van der Waals surface area contributed by atoms with Gasteiger partial charge in [0.1, 0.15) is 6.10 Å². The van der Waals surface area contributed by atoms with Crippen LogP contribution in [0.3, 0.4) is 0 Å². The molecule has 0 aromatic heterocycles. The summed E-state index contributed by atoms with van der Waals surface area (Å²) in [6.07, 6.45) is 0.0576. The molecule has 0 aliphatic carbocycles. The molecule has 4 N–H and O–H groups in total. The molecule has 0 saturated heterocycles. The molecule has 0 rings (SSSR count). The third-order valence-electron chi connectivity index (χ3n) is 1.64. The number of carbonyl (C=O) groups is 1. The Kier molecular flexibility index (Phi) is 4.20. The van der Waals surface area contributed by atoms with Gasteiger partial charge in [0.25, 0.3) is 0 Å². The molecule has 12 heavy (non-hydrogen) atoms. The van der Waals surface area contributed by atoms with Crippen LogP contribution in [0.25, 0.3) is 0 Å². The van der Waals surface area contributed by atoms with Crippen molar-refractivity contribution in [2.75, 3.05) is 6.54 Å². The average Bonchev–Trinajstić information content (AvgIpc) is 2.00. The van der Waals surface area contributed by atoms with Crippen molar-refractivity contribution in [2.24, 2.45) is 11.5 Å². The van der Waals surface area contributed by atoms with Crippen molar-refractivity contribution in [3.8, 4) is 0 Å². The lowest BCUT2D eigenvalue weighted by molar-refractivity contribution is -0.140. The van der Waals surface area contributed by atoms with Gasteiger partial charge in [-0.05, 0) is 20.3 Å². The van der Waals surface area contributed by atoms with Crippen molar-refractivity contribution in [1.82, 2.24) is 0 Å². The number of hydrogen-bond donors (Lipinski definition) is 2. The molecule has 0 aliphatic heterocycles. The Labute approximate surface area is 73.2 Å². The first-order chi connectivity index (χ1) is 5.43. The Morgan fingerprint density at radius 2 is 2.08 bits per heavy atom. The van der Waals surface area contributed by atoms with Crippen LogP contribution < -0.4 is 11.5 Å². The lowest BCUT2D eigenvalue weighted by Gasteiger charge is -2.27. The Morgan fingerprint density at radius 3 is 2.33 bits per heavy atom. The highest BCUT2D eigenvalue weighted by atomic mass is 16.5. The van der Waals surface area contributed by atoms with Gasteiger partial charge in [0.15, 0.2) is 0 Å². The molecule has 0 fully saturated rings. The zero-order chi connectivity index (χ0) is 9.78. The van der Waals surface area contributed by atoms with E-state index in [0.717, 1.165) is 0 Å². The van der Waals surface area contributed by atoms with Crippen LogP contribution in [0.2, 0.25) is 0 Å². The third kappa shape index (κ3) is 3.69. The van der Waals surface area contributed by atoms with Gasteiger partial charge in [-0.1, -0.05) is 6.92 Å². The van der Waals surface area contributed by atoms with Crippen LogP contribution in [0.5, 0.6) is 0 Å². The minimum atomic E-state index is -0.524. The first kappa shape index (κ1) is 11.4. The van der Waals surface area contributed by atoms with Gasteiger partial charge in [0.05, 0.1) is 5.60 Å². The van der Waals surface area contributed by atoms with Crippen LogP contribution in [-0.4, -0.2) is 24.2 Å². The summed E-state index contributed by atoms with van der Waals surface area (Å²) in [5, 5.41) is 0. The molecule has 0 bridgehead atoms.